The highest BCUT2D eigenvalue weighted by atomic mass is 32.2. The molecule has 0 spiro atoms. The molecule has 0 saturated carbocycles. The summed E-state index contributed by atoms with van der Waals surface area (Å²) in [4.78, 5) is 12.2. The predicted octanol–water partition coefficient (Wildman–Crippen LogP) is 1.90. The number of aliphatic hydroxyl groups excluding tert-OH is 1. The number of hydrogen-bond acceptors (Lipinski definition) is 4. The Balaban J connectivity index is 1.85. The Labute approximate surface area is 142 Å². The molecule has 1 aliphatic rings. The molecular formula is C16H21N5O2S. The smallest absolute Gasteiger partial charge is 0.139 e. The molecule has 0 amide bonds. The summed E-state index contributed by atoms with van der Waals surface area (Å²) in [6.07, 6.45) is 6.48. The van der Waals surface area contributed by atoms with E-state index in [-0.39, 0.29) is 6.04 Å². The van der Waals surface area contributed by atoms with E-state index in [0.29, 0.717) is 5.82 Å². The second-order valence-electron chi connectivity index (χ2n) is 6.33. The van der Waals surface area contributed by atoms with Crippen LogP contribution in [0.2, 0.25) is 0 Å². The molecule has 1 fully saturated rings. The molecule has 128 valence electrons. The van der Waals surface area contributed by atoms with Crippen molar-refractivity contribution in [3.63, 3.8) is 0 Å². The summed E-state index contributed by atoms with van der Waals surface area (Å²) < 4.78 is 15.9. The Kier molecular flexibility index (Phi) is 3.90. The summed E-state index contributed by atoms with van der Waals surface area (Å²) in [6, 6.07) is 2.24. The van der Waals surface area contributed by atoms with E-state index in [1.807, 2.05) is 16.6 Å². The number of rotatable bonds is 3. The van der Waals surface area contributed by atoms with E-state index < -0.39 is 17.1 Å². The molecule has 0 radical (unpaired) electrons. The van der Waals surface area contributed by atoms with E-state index in [0.717, 1.165) is 48.0 Å². The molecule has 3 aromatic heterocycles. The van der Waals surface area contributed by atoms with Gasteiger partial charge in [-0.05, 0) is 25.8 Å². The molecule has 0 aromatic carbocycles. The van der Waals surface area contributed by atoms with Crippen LogP contribution in [0.15, 0.2) is 18.5 Å². The van der Waals surface area contributed by atoms with Gasteiger partial charge in [0.05, 0.1) is 22.7 Å². The van der Waals surface area contributed by atoms with Crippen LogP contribution >= 0.6 is 0 Å². The lowest BCUT2D eigenvalue weighted by molar-refractivity contribution is 0.176. The lowest BCUT2D eigenvalue weighted by Gasteiger charge is -2.32. The van der Waals surface area contributed by atoms with Gasteiger partial charge >= 0.3 is 0 Å². The van der Waals surface area contributed by atoms with Gasteiger partial charge in [-0.3, -0.25) is 0 Å². The highest BCUT2D eigenvalue weighted by Gasteiger charge is 2.28. The lowest BCUT2D eigenvalue weighted by atomic mass is 10.1. The zero-order valence-electron chi connectivity index (χ0n) is 13.8. The van der Waals surface area contributed by atoms with Crippen molar-refractivity contribution in [1.82, 2.24) is 23.8 Å². The van der Waals surface area contributed by atoms with Crippen LogP contribution in [-0.4, -0.2) is 52.5 Å². The second-order valence-corrected chi connectivity index (χ2v) is 7.70. The van der Waals surface area contributed by atoms with Crippen molar-refractivity contribution in [1.29, 1.82) is 0 Å². The molecule has 3 aromatic rings. The average molecular weight is 347 g/mol. The molecule has 0 bridgehead atoms. The Morgan fingerprint density at radius 1 is 1.42 bits per heavy atom. The SMILES string of the molecule is CC(O)c1nc2cnc3[nH]ccc3c2n1C1CCN(S(C)=O)CC1. The minimum Gasteiger partial charge on any atom is -0.385 e. The minimum atomic E-state index is -0.927. The summed E-state index contributed by atoms with van der Waals surface area (Å²) in [5, 5.41) is 11.3. The van der Waals surface area contributed by atoms with Crippen molar-refractivity contribution in [2.24, 2.45) is 0 Å². The van der Waals surface area contributed by atoms with Crippen molar-refractivity contribution in [2.45, 2.75) is 31.9 Å². The van der Waals surface area contributed by atoms with E-state index in [2.05, 4.69) is 19.5 Å². The van der Waals surface area contributed by atoms with Gasteiger partial charge in [0, 0.05) is 37.0 Å². The number of fused-ring (bicyclic) bond motifs is 3. The van der Waals surface area contributed by atoms with Gasteiger partial charge in [-0.15, -0.1) is 0 Å². The third-order valence-corrected chi connectivity index (χ3v) is 5.88. The quantitative estimate of drug-likeness (QED) is 0.757. The minimum absolute atomic E-state index is 0.236. The van der Waals surface area contributed by atoms with Gasteiger partial charge in [0.25, 0.3) is 0 Å². The maximum absolute atomic E-state index is 11.7. The highest BCUT2D eigenvalue weighted by Crippen LogP contribution is 2.34. The van der Waals surface area contributed by atoms with Crippen LogP contribution in [0.5, 0.6) is 0 Å². The Morgan fingerprint density at radius 3 is 2.83 bits per heavy atom. The van der Waals surface area contributed by atoms with Gasteiger partial charge in [-0.2, -0.15) is 0 Å². The molecule has 24 heavy (non-hydrogen) atoms. The van der Waals surface area contributed by atoms with Gasteiger partial charge in [-0.25, -0.2) is 18.5 Å². The molecule has 1 saturated heterocycles. The zero-order chi connectivity index (χ0) is 16.8. The van der Waals surface area contributed by atoms with E-state index in [1.165, 1.54) is 0 Å². The molecular weight excluding hydrogens is 326 g/mol. The number of aromatic nitrogens is 4. The van der Waals surface area contributed by atoms with E-state index in [1.54, 1.807) is 19.4 Å². The first kappa shape index (κ1) is 15.7. The Morgan fingerprint density at radius 2 is 2.17 bits per heavy atom. The fraction of sp³-hybridized carbons (Fsp3) is 0.500. The molecule has 2 atom stereocenters. The normalized spacial score (nSPS) is 20.0. The van der Waals surface area contributed by atoms with Crippen molar-refractivity contribution in [3.05, 3.63) is 24.3 Å². The van der Waals surface area contributed by atoms with E-state index >= 15 is 0 Å². The third-order valence-electron chi connectivity index (χ3n) is 4.79. The lowest BCUT2D eigenvalue weighted by Crippen LogP contribution is -2.35. The summed E-state index contributed by atoms with van der Waals surface area (Å²) in [6.45, 7) is 3.32. The van der Waals surface area contributed by atoms with Crippen LogP contribution in [0.3, 0.4) is 0 Å². The number of piperidine rings is 1. The van der Waals surface area contributed by atoms with Gasteiger partial charge in [0.2, 0.25) is 0 Å². The van der Waals surface area contributed by atoms with Crippen molar-refractivity contribution < 1.29 is 9.32 Å². The first-order valence-corrected chi connectivity index (χ1v) is 9.68. The van der Waals surface area contributed by atoms with Crippen molar-refractivity contribution >= 4 is 33.1 Å². The van der Waals surface area contributed by atoms with E-state index in [9.17, 15) is 9.32 Å². The summed E-state index contributed by atoms with van der Waals surface area (Å²) in [5.41, 5.74) is 2.65. The first-order chi connectivity index (χ1) is 11.6. The number of aliphatic hydroxyl groups is 1. The van der Waals surface area contributed by atoms with Crippen LogP contribution < -0.4 is 0 Å². The number of nitrogens with zero attached hydrogens (tertiary/aromatic N) is 4. The van der Waals surface area contributed by atoms with Crippen LogP contribution in [0.1, 0.15) is 37.7 Å². The standard InChI is InChI=1S/C16H21N5O2S/c1-10(22)16-19-13-9-18-15-12(3-6-17-15)14(13)21(16)11-4-7-20(8-5-11)24(2)23/h3,6,9-11,22H,4-5,7-8H2,1-2H3,(H,17,18). The molecule has 4 rings (SSSR count). The molecule has 2 N–H and O–H groups in total. The fourth-order valence-corrected chi connectivity index (χ4v) is 4.36. The summed E-state index contributed by atoms with van der Waals surface area (Å²) >= 11 is 0. The number of imidazole rings is 1. The van der Waals surface area contributed by atoms with Gasteiger partial charge in [-0.1, -0.05) is 0 Å². The Bertz CT molecular complexity index is 908. The average Bonchev–Trinajstić information content (AvgIpc) is 3.18. The number of H-pyrrole nitrogens is 1. The van der Waals surface area contributed by atoms with Crippen LogP contribution in [0.4, 0.5) is 0 Å². The molecule has 7 nitrogen and oxygen atoms in total. The first-order valence-electron chi connectivity index (χ1n) is 8.16. The topological polar surface area (TPSA) is 87.0 Å². The second kappa shape index (κ2) is 5.94. The molecule has 1 aliphatic heterocycles. The summed E-state index contributed by atoms with van der Waals surface area (Å²) in [5.74, 6) is 0.677. The summed E-state index contributed by atoms with van der Waals surface area (Å²) in [7, 11) is -0.927. The highest BCUT2D eigenvalue weighted by molar-refractivity contribution is 7.81. The van der Waals surface area contributed by atoms with Crippen molar-refractivity contribution in [2.75, 3.05) is 19.3 Å². The predicted molar refractivity (Wildman–Crippen MR) is 93.9 cm³/mol. The maximum atomic E-state index is 11.7. The third kappa shape index (κ3) is 2.45. The zero-order valence-corrected chi connectivity index (χ0v) is 14.6. The number of hydrogen-bond donors (Lipinski definition) is 2. The van der Waals surface area contributed by atoms with E-state index in [4.69, 9.17) is 0 Å². The van der Waals surface area contributed by atoms with Gasteiger partial charge in [0.15, 0.2) is 0 Å². The van der Waals surface area contributed by atoms with Gasteiger partial charge in [0.1, 0.15) is 23.1 Å². The van der Waals surface area contributed by atoms with Crippen molar-refractivity contribution in [3.8, 4) is 0 Å². The fourth-order valence-electron chi connectivity index (χ4n) is 3.63. The number of aromatic amines is 1. The van der Waals surface area contributed by atoms with Crippen LogP contribution in [0, 0.1) is 0 Å². The number of pyridine rings is 1. The number of nitrogens with one attached hydrogen (secondary N) is 1. The van der Waals surface area contributed by atoms with Gasteiger partial charge < -0.3 is 14.7 Å². The van der Waals surface area contributed by atoms with Crippen LogP contribution in [-0.2, 0) is 11.0 Å². The molecule has 0 aliphatic carbocycles. The Hall–Kier alpha value is -1.77. The largest absolute Gasteiger partial charge is 0.385 e. The van der Waals surface area contributed by atoms with Crippen LogP contribution in [0.25, 0.3) is 22.1 Å². The molecule has 2 unspecified atom stereocenters. The monoisotopic (exact) mass is 347 g/mol. The maximum Gasteiger partial charge on any atom is 0.139 e. The molecule has 4 heterocycles. The molecule has 8 heteroatoms.